The first-order valence-electron chi connectivity index (χ1n) is 9.86. The number of pyridine rings is 1. The van der Waals surface area contributed by atoms with Gasteiger partial charge < -0.3 is 9.80 Å². The molecule has 0 N–H and O–H groups in total. The molecular weight excluding hydrogens is 378 g/mol. The van der Waals surface area contributed by atoms with E-state index in [0.717, 1.165) is 17.8 Å². The normalized spacial score (nSPS) is 18.3. The molecule has 0 aliphatic carbocycles. The number of anilines is 1. The van der Waals surface area contributed by atoms with E-state index in [1.54, 1.807) is 24.7 Å². The van der Waals surface area contributed by atoms with Crippen LogP contribution >= 0.6 is 0 Å². The van der Waals surface area contributed by atoms with E-state index in [1.165, 1.54) is 4.80 Å². The highest BCUT2D eigenvalue weighted by atomic mass is 16.2. The first-order chi connectivity index (χ1) is 14.5. The van der Waals surface area contributed by atoms with Crippen LogP contribution in [0.1, 0.15) is 34.8 Å². The smallest absolute Gasteiger partial charge is 0.256 e. The predicted octanol–water partition coefficient (Wildman–Crippen LogP) is 2.58. The van der Waals surface area contributed by atoms with E-state index < -0.39 is 0 Å². The van der Waals surface area contributed by atoms with E-state index in [0.29, 0.717) is 23.4 Å². The van der Waals surface area contributed by atoms with Crippen LogP contribution in [0.3, 0.4) is 0 Å². The van der Waals surface area contributed by atoms with Crippen molar-refractivity contribution >= 4 is 11.7 Å². The Labute approximate surface area is 175 Å². The monoisotopic (exact) mass is 401 g/mol. The number of rotatable bonds is 4. The SMILES string of the molecule is Cc1c(C#N)ccnc1N(C)[C@@H]1C[C@@H](C)N(C(=O)c2ccccc2-n2nccn2)C1. The Morgan fingerprint density at radius 2 is 1.93 bits per heavy atom. The molecule has 30 heavy (non-hydrogen) atoms. The highest BCUT2D eigenvalue weighted by molar-refractivity contribution is 5.98. The van der Waals surface area contributed by atoms with Crippen LogP contribution < -0.4 is 4.90 Å². The van der Waals surface area contributed by atoms with Gasteiger partial charge in [0.05, 0.1) is 35.3 Å². The third-order valence-corrected chi connectivity index (χ3v) is 5.76. The van der Waals surface area contributed by atoms with Crippen molar-refractivity contribution in [1.29, 1.82) is 5.26 Å². The van der Waals surface area contributed by atoms with Crippen molar-refractivity contribution in [3.05, 3.63) is 65.6 Å². The third-order valence-electron chi connectivity index (χ3n) is 5.76. The van der Waals surface area contributed by atoms with Gasteiger partial charge in [-0.2, -0.15) is 20.3 Å². The van der Waals surface area contributed by atoms with E-state index in [4.69, 9.17) is 0 Å². The molecule has 1 fully saturated rings. The standard InChI is InChI=1S/C22H23N7O/c1-15-12-18(27(3)21-16(2)17(13-23)8-9-24-21)14-28(15)22(30)19-6-4-5-7-20(19)29-25-10-11-26-29/h4-11,15,18H,12,14H2,1-3H3/t15-,18-/m1/s1. The molecule has 1 amide bonds. The molecule has 8 nitrogen and oxygen atoms in total. The Morgan fingerprint density at radius 3 is 2.67 bits per heavy atom. The van der Waals surface area contributed by atoms with E-state index in [9.17, 15) is 10.1 Å². The number of para-hydroxylation sites is 1. The lowest BCUT2D eigenvalue weighted by Crippen LogP contribution is -2.38. The summed E-state index contributed by atoms with van der Waals surface area (Å²) in [5, 5.41) is 17.7. The number of benzene rings is 1. The summed E-state index contributed by atoms with van der Waals surface area (Å²) < 4.78 is 0. The minimum atomic E-state index is -0.0400. The topological polar surface area (TPSA) is 90.9 Å². The molecule has 1 aliphatic heterocycles. The number of carbonyl (C=O) groups is 1. The Balaban J connectivity index is 1.59. The van der Waals surface area contributed by atoms with Crippen molar-refractivity contribution in [2.75, 3.05) is 18.5 Å². The summed E-state index contributed by atoms with van der Waals surface area (Å²) in [4.78, 5) is 23.4. The first kappa shape index (κ1) is 19.6. The van der Waals surface area contributed by atoms with Gasteiger partial charge in [-0.15, -0.1) is 0 Å². The molecule has 2 aromatic heterocycles. The quantitative estimate of drug-likeness (QED) is 0.667. The van der Waals surface area contributed by atoms with Gasteiger partial charge in [0, 0.05) is 37.4 Å². The lowest BCUT2D eigenvalue weighted by atomic mass is 10.1. The minimum absolute atomic E-state index is 0.0400. The molecule has 0 radical (unpaired) electrons. The lowest BCUT2D eigenvalue weighted by molar-refractivity contribution is 0.0745. The summed E-state index contributed by atoms with van der Waals surface area (Å²) in [7, 11) is 1.98. The van der Waals surface area contributed by atoms with Crippen LogP contribution in [0.15, 0.2) is 48.9 Å². The van der Waals surface area contributed by atoms with Crippen molar-refractivity contribution < 1.29 is 4.79 Å². The van der Waals surface area contributed by atoms with E-state index in [1.807, 2.05) is 43.1 Å². The summed E-state index contributed by atoms with van der Waals surface area (Å²) in [6.45, 7) is 4.55. The summed E-state index contributed by atoms with van der Waals surface area (Å²) >= 11 is 0. The fourth-order valence-electron chi connectivity index (χ4n) is 4.06. The number of nitriles is 1. The molecule has 0 unspecified atom stereocenters. The summed E-state index contributed by atoms with van der Waals surface area (Å²) in [6, 6.07) is 11.5. The van der Waals surface area contributed by atoms with Crippen LogP contribution in [0.25, 0.3) is 5.69 Å². The Kier molecular flexibility index (Phi) is 5.19. The zero-order valence-electron chi connectivity index (χ0n) is 17.2. The number of hydrogen-bond donors (Lipinski definition) is 0. The molecule has 8 heteroatoms. The number of amides is 1. The number of carbonyl (C=O) groups excluding carboxylic acids is 1. The van der Waals surface area contributed by atoms with Gasteiger partial charge in [0.15, 0.2) is 0 Å². The second kappa shape index (κ2) is 7.95. The van der Waals surface area contributed by atoms with Crippen LogP contribution in [0.2, 0.25) is 0 Å². The molecule has 1 aliphatic rings. The van der Waals surface area contributed by atoms with Gasteiger partial charge in [0.1, 0.15) is 5.82 Å². The van der Waals surface area contributed by atoms with Crippen LogP contribution in [0, 0.1) is 18.3 Å². The Hall–Kier alpha value is -3.73. The fraction of sp³-hybridized carbons (Fsp3) is 0.318. The molecular formula is C22H23N7O. The van der Waals surface area contributed by atoms with Crippen molar-refractivity contribution in [3.8, 4) is 11.8 Å². The Morgan fingerprint density at radius 1 is 1.20 bits per heavy atom. The zero-order chi connectivity index (χ0) is 21.3. The summed E-state index contributed by atoms with van der Waals surface area (Å²) in [5.74, 6) is 0.739. The molecule has 1 aromatic carbocycles. The van der Waals surface area contributed by atoms with Gasteiger partial charge in [-0.25, -0.2) is 4.98 Å². The van der Waals surface area contributed by atoms with Gasteiger partial charge in [-0.1, -0.05) is 12.1 Å². The van der Waals surface area contributed by atoms with E-state index in [-0.39, 0.29) is 18.0 Å². The number of likely N-dealkylation sites (N-methyl/N-ethyl adjacent to an activating group) is 1. The van der Waals surface area contributed by atoms with Gasteiger partial charge in [-0.3, -0.25) is 4.79 Å². The van der Waals surface area contributed by atoms with Crippen LogP contribution in [0.5, 0.6) is 0 Å². The van der Waals surface area contributed by atoms with Crippen molar-refractivity contribution in [2.45, 2.75) is 32.4 Å². The van der Waals surface area contributed by atoms with Crippen LogP contribution in [0.4, 0.5) is 5.82 Å². The summed E-state index contributed by atoms with van der Waals surface area (Å²) in [6.07, 6.45) is 5.67. The van der Waals surface area contributed by atoms with Gasteiger partial charge in [0.25, 0.3) is 5.91 Å². The average Bonchev–Trinajstić information content (AvgIpc) is 3.43. The zero-order valence-corrected chi connectivity index (χ0v) is 17.2. The molecule has 0 saturated carbocycles. The lowest BCUT2D eigenvalue weighted by Gasteiger charge is -2.27. The molecule has 3 aromatic rings. The van der Waals surface area contributed by atoms with Crippen LogP contribution in [-0.2, 0) is 0 Å². The fourth-order valence-corrected chi connectivity index (χ4v) is 4.06. The second-order valence-electron chi connectivity index (χ2n) is 7.56. The van der Waals surface area contributed by atoms with Crippen molar-refractivity contribution in [3.63, 3.8) is 0 Å². The predicted molar refractivity (Wildman–Crippen MR) is 112 cm³/mol. The molecule has 2 atom stereocenters. The molecule has 4 rings (SSSR count). The largest absolute Gasteiger partial charge is 0.355 e. The molecule has 1 saturated heterocycles. The number of aromatic nitrogens is 4. The maximum absolute atomic E-state index is 13.4. The maximum Gasteiger partial charge on any atom is 0.256 e. The Bertz CT molecular complexity index is 1100. The third kappa shape index (κ3) is 3.39. The van der Waals surface area contributed by atoms with Gasteiger partial charge in [0.2, 0.25) is 0 Å². The number of likely N-dealkylation sites (tertiary alicyclic amines) is 1. The van der Waals surface area contributed by atoms with E-state index >= 15 is 0 Å². The highest BCUT2D eigenvalue weighted by Crippen LogP contribution is 2.29. The van der Waals surface area contributed by atoms with Gasteiger partial charge in [-0.05, 0) is 38.5 Å². The average molecular weight is 401 g/mol. The molecule has 152 valence electrons. The van der Waals surface area contributed by atoms with E-state index in [2.05, 4.69) is 33.1 Å². The van der Waals surface area contributed by atoms with Crippen LogP contribution in [-0.4, -0.2) is 56.5 Å². The number of nitrogens with zero attached hydrogens (tertiary/aromatic N) is 7. The molecule has 0 bridgehead atoms. The van der Waals surface area contributed by atoms with Crippen molar-refractivity contribution in [2.24, 2.45) is 0 Å². The maximum atomic E-state index is 13.4. The molecule has 0 spiro atoms. The second-order valence-corrected chi connectivity index (χ2v) is 7.56. The molecule has 3 heterocycles. The highest BCUT2D eigenvalue weighted by Gasteiger charge is 2.36. The summed E-state index contributed by atoms with van der Waals surface area (Å²) in [5.41, 5.74) is 2.71. The van der Waals surface area contributed by atoms with Gasteiger partial charge >= 0.3 is 0 Å². The van der Waals surface area contributed by atoms with Crippen molar-refractivity contribution in [1.82, 2.24) is 24.9 Å². The number of hydrogen-bond acceptors (Lipinski definition) is 6. The first-order valence-corrected chi connectivity index (χ1v) is 9.86. The minimum Gasteiger partial charge on any atom is -0.355 e.